The standard InChI is InChI=1S/C15H23FN2/c1-2-3-8-17-9-11-18(12-10-17)13-14-4-6-15(16)7-5-14/h4-7H,2-3,8-13H2,1H3. The second kappa shape index (κ2) is 6.86. The summed E-state index contributed by atoms with van der Waals surface area (Å²) in [6, 6.07) is 6.87. The number of benzene rings is 1. The van der Waals surface area contributed by atoms with Crippen molar-refractivity contribution in [2.24, 2.45) is 0 Å². The first-order valence-corrected chi connectivity index (χ1v) is 6.97. The van der Waals surface area contributed by atoms with E-state index in [4.69, 9.17) is 0 Å². The number of nitrogens with zero attached hydrogens (tertiary/aromatic N) is 2. The Morgan fingerprint density at radius 1 is 1.00 bits per heavy atom. The fraction of sp³-hybridized carbons (Fsp3) is 0.600. The number of hydrogen-bond acceptors (Lipinski definition) is 2. The number of piperazine rings is 1. The van der Waals surface area contributed by atoms with Crippen molar-refractivity contribution in [2.45, 2.75) is 26.3 Å². The van der Waals surface area contributed by atoms with E-state index >= 15 is 0 Å². The van der Waals surface area contributed by atoms with E-state index in [1.54, 1.807) is 12.1 Å². The highest BCUT2D eigenvalue weighted by Crippen LogP contribution is 2.10. The second-order valence-corrected chi connectivity index (χ2v) is 5.10. The third kappa shape index (κ3) is 4.07. The van der Waals surface area contributed by atoms with Crippen LogP contribution in [0.2, 0.25) is 0 Å². The van der Waals surface area contributed by atoms with Gasteiger partial charge >= 0.3 is 0 Å². The average molecular weight is 250 g/mol. The largest absolute Gasteiger partial charge is 0.301 e. The first-order chi connectivity index (χ1) is 8.78. The molecule has 18 heavy (non-hydrogen) atoms. The van der Waals surface area contributed by atoms with Crippen molar-refractivity contribution >= 4 is 0 Å². The molecule has 1 aliphatic rings. The third-order valence-corrected chi connectivity index (χ3v) is 3.61. The molecule has 0 spiro atoms. The summed E-state index contributed by atoms with van der Waals surface area (Å²) in [5.41, 5.74) is 1.21. The van der Waals surface area contributed by atoms with Gasteiger partial charge in [-0.2, -0.15) is 0 Å². The zero-order chi connectivity index (χ0) is 12.8. The van der Waals surface area contributed by atoms with Crippen LogP contribution in [0.15, 0.2) is 24.3 Å². The van der Waals surface area contributed by atoms with Crippen LogP contribution in [0.25, 0.3) is 0 Å². The van der Waals surface area contributed by atoms with Crippen molar-refractivity contribution in [2.75, 3.05) is 32.7 Å². The van der Waals surface area contributed by atoms with Crippen LogP contribution in [-0.4, -0.2) is 42.5 Å². The summed E-state index contributed by atoms with van der Waals surface area (Å²) < 4.78 is 12.8. The Morgan fingerprint density at radius 3 is 2.22 bits per heavy atom. The Balaban J connectivity index is 1.74. The molecule has 1 heterocycles. The predicted octanol–water partition coefficient (Wildman–Crippen LogP) is 2.74. The van der Waals surface area contributed by atoms with Gasteiger partial charge in [0.1, 0.15) is 5.82 Å². The molecule has 3 heteroatoms. The second-order valence-electron chi connectivity index (χ2n) is 5.10. The lowest BCUT2D eigenvalue weighted by atomic mass is 10.2. The lowest BCUT2D eigenvalue weighted by molar-refractivity contribution is 0.126. The monoisotopic (exact) mass is 250 g/mol. The van der Waals surface area contributed by atoms with Crippen LogP contribution >= 0.6 is 0 Å². The fourth-order valence-electron chi connectivity index (χ4n) is 2.40. The molecule has 2 rings (SSSR count). The molecule has 1 aliphatic heterocycles. The normalized spacial score (nSPS) is 18.1. The molecule has 0 aromatic heterocycles. The van der Waals surface area contributed by atoms with Gasteiger partial charge in [-0.05, 0) is 30.7 Å². The van der Waals surface area contributed by atoms with E-state index in [2.05, 4.69) is 16.7 Å². The van der Waals surface area contributed by atoms with Gasteiger partial charge in [0.2, 0.25) is 0 Å². The van der Waals surface area contributed by atoms with Gasteiger partial charge in [0.05, 0.1) is 0 Å². The minimum absolute atomic E-state index is 0.150. The van der Waals surface area contributed by atoms with Crippen LogP contribution in [0, 0.1) is 5.82 Å². The molecule has 0 N–H and O–H groups in total. The number of hydrogen-bond donors (Lipinski definition) is 0. The molecule has 1 saturated heterocycles. The van der Waals surface area contributed by atoms with Crippen molar-refractivity contribution in [3.8, 4) is 0 Å². The van der Waals surface area contributed by atoms with Crippen LogP contribution in [0.4, 0.5) is 4.39 Å². The first kappa shape index (κ1) is 13.5. The minimum Gasteiger partial charge on any atom is -0.301 e. The zero-order valence-corrected chi connectivity index (χ0v) is 11.2. The molecule has 0 aliphatic carbocycles. The van der Waals surface area contributed by atoms with Crippen LogP contribution in [0.3, 0.4) is 0 Å². The summed E-state index contributed by atoms with van der Waals surface area (Å²) in [6.07, 6.45) is 2.58. The molecular formula is C15H23FN2. The number of rotatable bonds is 5. The smallest absolute Gasteiger partial charge is 0.123 e. The molecule has 1 fully saturated rings. The van der Waals surface area contributed by atoms with Gasteiger partial charge < -0.3 is 4.90 Å². The molecule has 1 aromatic rings. The highest BCUT2D eigenvalue weighted by atomic mass is 19.1. The summed E-state index contributed by atoms with van der Waals surface area (Å²) >= 11 is 0. The highest BCUT2D eigenvalue weighted by molar-refractivity contribution is 5.15. The average Bonchev–Trinajstić information content (AvgIpc) is 2.41. The first-order valence-electron chi connectivity index (χ1n) is 6.97. The summed E-state index contributed by atoms with van der Waals surface area (Å²) in [5.74, 6) is -0.150. The van der Waals surface area contributed by atoms with Gasteiger partial charge in [0, 0.05) is 32.7 Å². The van der Waals surface area contributed by atoms with E-state index in [1.807, 2.05) is 12.1 Å². The zero-order valence-electron chi connectivity index (χ0n) is 11.2. The van der Waals surface area contributed by atoms with Crippen LogP contribution in [0.1, 0.15) is 25.3 Å². The van der Waals surface area contributed by atoms with Crippen LogP contribution in [-0.2, 0) is 6.54 Å². The van der Waals surface area contributed by atoms with Gasteiger partial charge in [-0.25, -0.2) is 4.39 Å². The fourth-order valence-corrected chi connectivity index (χ4v) is 2.40. The van der Waals surface area contributed by atoms with E-state index in [0.717, 1.165) is 19.6 Å². The molecule has 2 nitrogen and oxygen atoms in total. The van der Waals surface area contributed by atoms with Crippen molar-refractivity contribution in [3.63, 3.8) is 0 Å². The van der Waals surface area contributed by atoms with Gasteiger partial charge in [0.25, 0.3) is 0 Å². The van der Waals surface area contributed by atoms with Crippen molar-refractivity contribution in [1.82, 2.24) is 9.80 Å². The number of unbranched alkanes of at least 4 members (excludes halogenated alkanes) is 1. The van der Waals surface area contributed by atoms with Crippen molar-refractivity contribution in [3.05, 3.63) is 35.6 Å². The van der Waals surface area contributed by atoms with E-state index < -0.39 is 0 Å². The Bertz CT molecular complexity index is 342. The van der Waals surface area contributed by atoms with Crippen molar-refractivity contribution < 1.29 is 4.39 Å². The summed E-state index contributed by atoms with van der Waals surface area (Å²) in [4.78, 5) is 5.00. The molecule has 1 aromatic carbocycles. The Kier molecular flexibility index (Phi) is 5.14. The maximum atomic E-state index is 12.8. The molecular weight excluding hydrogens is 227 g/mol. The minimum atomic E-state index is -0.150. The van der Waals surface area contributed by atoms with E-state index in [0.29, 0.717) is 0 Å². The third-order valence-electron chi connectivity index (χ3n) is 3.61. The summed E-state index contributed by atoms with van der Waals surface area (Å²) in [7, 11) is 0. The lowest BCUT2D eigenvalue weighted by Gasteiger charge is -2.34. The van der Waals surface area contributed by atoms with Gasteiger partial charge in [-0.1, -0.05) is 25.5 Å². The SMILES string of the molecule is CCCCN1CCN(Cc2ccc(F)cc2)CC1. The van der Waals surface area contributed by atoms with Crippen LogP contribution < -0.4 is 0 Å². The maximum Gasteiger partial charge on any atom is 0.123 e. The topological polar surface area (TPSA) is 6.48 Å². The van der Waals surface area contributed by atoms with E-state index in [9.17, 15) is 4.39 Å². The van der Waals surface area contributed by atoms with Gasteiger partial charge in [-0.15, -0.1) is 0 Å². The summed E-state index contributed by atoms with van der Waals surface area (Å²) in [6.45, 7) is 9.01. The Morgan fingerprint density at radius 2 is 1.61 bits per heavy atom. The van der Waals surface area contributed by atoms with Gasteiger partial charge in [-0.3, -0.25) is 4.90 Å². The Labute approximate surface area is 109 Å². The molecule has 100 valence electrons. The van der Waals surface area contributed by atoms with Gasteiger partial charge in [0.15, 0.2) is 0 Å². The summed E-state index contributed by atoms with van der Waals surface area (Å²) in [5, 5.41) is 0. The van der Waals surface area contributed by atoms with E-state index in [1.165, 1.54) is 38.0 Å². The van der Waals surface area contributed by atoms with E-state index in [-0.39, 0.29) is 5.82 Å². The Hall–Kier alpha value is -0.930. The lowest BCUT2D eigenvalue weighted by Crippen LogP contribution is -2.46. The van der Waals surface area contributed by atoms with Crippen molar-refractivity contribution in [1.29, 1.82) is 0 Å². The molecule has 0 unspecified atom stereocenters. The molecule has 0 bridgehead atoms. The molecule has 0 saturated carbocycles. The van der Waals surface area contributed by atoms with Crippen LogP contribution in [0.5, 0.6) is 0 Å². The highest BCUT2D eigenvalue weighted by Gasteiger charge is 2.16. The maximum absolute atomic E-state index is 12.8. The molecule has 0 radical (unpaired) electrons. The quantitative estimate of drug-likeness (QED) is 0.793. The molecule has 0 atom stereocenters. The predicted molar refractivity (Wildman–Crippen MR) is 73.0 cm³/mol. The molecule has 0 amide bonds. The number of halogens is 1.